The molecule has 5 heteroatoms. The summed E-state index contributed by atoms with van der Waals surface area (Å²) >= 11 is 0. The fraction of sp³-hybridized carbons (Fsp3) is 0.429. The van der Waals surface area contributed by atoms with Crippen LogP contribution < -0.4 is 0 Å². The minimum atomic E-state index is -0.197. The predicted octanol–water partition coefficient (Wildman–Crippen LogP) is 0.720. The second-order valence-corrected chi connectivity index (χ2v) is 4.82. The molecule has 0 aromatic carbocycles. The summed E-state index contributed by atoms with van der Waals surface area (Å²) in [7, 11) is 0. The van der Waals surface area contributed by atoms with E-state index in [0.717, 1.165) is 0 Å². The molecule has 0 N–H and O–H groups in total. The average Bonchev–Trinajstić information content (AvgIpc) is 2.26. The first-order valence-electron chi connectivity index (χ1n) is 6.08. The molecule has 2 aliphatic carbocycles. The van der Waals surface area contributed by atoms with Crippen LogP contribution in [0.4, 0.5) is 0 Å². The normalized spacial score (nSPS) is 20.4. The quantitative estimate of drug-likeness (QED) is 0.698. The third kappa shape index (κ3) is 4.06. The molecule has 0 bridgehead atoms. The van der Waals surface area contributed by atoms with E-state index in [0.29, 0.717) is 11.1 Å². The fourth-order valence-electron chi connectivity index (χ4n) is 2.18. The van der Waals surface area contributed by atoms with E-state index in [1.807, 2.05) is 0 Å². The fourth-order valence-corrected chi connectivity index (χ4v) is 2.18. The Labute approximate surface area is 110 Å². The van der Waals surface area contributed by atoms with Crippen LogP contribution in [-0.4, -0.2) is 36.3 Å². The lowest BCUT2D eigenvalue weighted by molar-refractivity contribution is -0.126. The Balaban J connectivity index is 1.84. The van der Waals surface area contributed by atoms with Crippen LogP contribution in [0.25, 0.3) is 0 Å². The summed E-state index contributed by atoms with van der Waals surface area (Å²) in [4.78, 5) is 44.8. The predicted molar refractivity (Wildman–Crippen MR) is 65.5 cm³/mol. The highest BCUT2D eigenvalue weighted by Gasteiger charge is 2.19. The van der Waals surface area contributed by atoms with Crippen LogP contribution in [-0.2, 0) is 23.9 Å². The summed E-state index contributed by atoms with van der Waals surface area (Å²) in [5, 5.41) is 0. The number of hydrogen-bond donors (Lipinski definition) is 0. The number of rotatable bonds is 4. The first-order valence-corrected chi connectivity index (χ1v) is 6.08. The molecule has 0 spiro atoms. The molecule has 0 saturated carbocycles. The van der Waals surface area contributed by atoms with Gasteiger partial charge in [0.25, 0.3) is 0 Å². The highest BCUT2D eigenvalue weighted by Crippen LogP contribution is 2.15. The summed E-state index contributed by atoms with van der Waals surface area (Å²) in [6.45, 7) is 0.356. The molecule has 0 saturated heterocycles. The lowest BCUT2D eigenvalue weighted by Gasteiger charge is -2.14. The molecule has 0 fully saturated rings. The Morgan fingerprint density at radius 3 is 1.53 bits per heavy atom. The minimum Gasteiger partial charge on any atom is -0.373 e. The van der Waals surface area contributed by atoms with Crippen molar-refractivity contribution >= 4 is 23.1 Å². The van der Waals surface area contributed by atoms with Gasteiger partial charge < -0.3 is 4.74 Å². The van der Waals surface area contributed by atoms with Gasteiger partial charge in [0.05, 0.1) is 26.1 Å². The van der Waals surface area contributed by atoms with Crippen LogP contribution in [0.15, 0.2) is 23.3 Å². The average molecular weight is 262 g/mol. The van der Waals surface area contributed by atoms with Crippen LogP contribution in [0.5, 0.6) is 0 Å². The monoisotopic (exact) mass is 262 g/mol. The van der Waals surface area contributed by atoms with E-state index in [1.54, 1.807) is 0 Å². The Morgan fingerprint density at radius 2 is 1.16 bits per heavy atom. The minimum absolute atomic E-state index is 0.0301. The standard InChI is InChI=1S/C14H14O5/c15-11-1-9(2-12(16)5-11)7-19-8-10-3-13(17)6-14(18)4-10/h1,3H,2,4-8H2. The number of carbonyl (C=O) groups is 4. The van der Waals surface area contributed by atoms with E-state index in [1.165, 1.54) is 12.2 Å². The number of ketones is 4. The van der Waals surface area contributed by atoms with Gasteiger partial charge in [-0.1, -0.05) is 0 Å². The van der Waals surface area contributed by atoms with E-state index in [4.69, 9.17) is 4.74 Å². The molecular weight excluding hydrogens is 248 g/mol. The van der Waals surface area contributed by atoms with Gasteiger partial charge in [-0.3, -0.25) is 19.2 Å². The van der Waals surface area contributed by atoms with Crippen molar-refractivity contribution in [3.63, 3.8) is 0 Å². The highest BCUT2D eigenvalue weighted by atomic mass is 16.5. The van der Waals surface area contributed by atoms with E-state index < -0.39 is 0 Å². The van der Waals surface area contributed by atoms with Crippen molar-refractivity contribution in [2.75, 3.05) is 13.2 Å². The lowest BCUT2D eigenvalue weighted by Crippen LogP contribution is -2.18. The van der Waals surface area contributed by atoms with Gasteiger partial charge in [-0.05, 0) is 23.3 Å². The maximum Gasteiger partial charge on any atom is 0.163 e. The van der Waals surface area contributed by atoms with Crippen molar-refractivity contribution in [3.8, 4) is 0 Å². The summed E-state index contributed by atoms with van der Waals surface area (Å²) < 4.78 is 5.36. The topological polar surface area (TPSA) is 77.5 Å². The molecule has 0 amide bonds. The molecule has 5 nitrogen and oxygen atoms in total. The van der Waals surface area contributed by atoms with E-state index >= 15 is 0 Å². The molecule has 0 heterocycles. The van der Waals surface area contributed by atoms with Gasteiger partial charge in [-0.2, -0.15) is 0 Å². The second-order valence-electron chi connectivity index (χ2n) is 4.82. The van der Waals surface area contributed by atoms with Crippen molar-refractivity contribution in [1.29, 1.82) is 0 Å². The summed E-state index contributed by atoms with van der Waals surface area (Å²) in [5.74, 6) is -0.601. The number of allylic oxidation sites excluding steroid dienone is 2. The van der Waals surface area contributed by atoms with Crippen LogP contribution in [0.2, 0.25) is 0 Å². The van der Waals surface area contributed by atoms with Gasteiger partial charge in [0, 0.05) is 12.8 Å². The van der Waals surface area contributed by atoms with Gasteiger partial charge in [0.15, 0.2) is 11.6 Å². The highest BCUT2D eigenvalue weighted by molar-refractivity contribution is 6.09. The van der Waals surface area contributed by atoms with E-state index in [9.17, 15) is 19.2 Å². The zero-order chi connectivity index (χ0) is 13.8. The molecule has 0 radical (unpaired) electrons. The van der Waals surface area contributed by atoms with Crippen molar-refractivity contribution in [2.45, 2.75) is 25.7 Å². The third-order valence-corrected chi connectivity index (χ3v) is 2.90. The molecule has 100 valence electrons. The zero-order valence-corrected chi connectivity index (χ0v) is 10.4. The molecule has 0 aromatic heterocycles. The second kappa shape index (κ2) is 5.84. The van der Waals surface area contributed by atoms with Gasteiger partial charge in [-0.15, -0.1) is 0 Å². The van der Waals surface area contributed by atoms with E-state index in [-0.39, 0.29) is 62.0 Å². The van der Waals surface area contributed by atoms with Crippen LogP contribution in [0.3, 0.4) is 0 Å². The Kier molecular flexibility index (Phi) is 4.16. The number of Topliss-reactive ketones (excluding diaryl/α,β-unsaturated/α-hetero) is 2. The molecule has 2 aliphatic rings. The molecular formula is C14H14O5. The smallest absolute Gasteiger partial charge is 0.163 e. The molecule has 0 aromatic rings. The van der Waals surface area contributed by atoms with Crippen molar-refractivity contribution in [2.24, 2.45) is 0 Å². The summed E-state index contributed by atoms with van der Waals surface area (Å²) in [5.41, 5.74) is 1.30. The summed E-state index contributed by atoms with van der Waals surface area (Å²) in [6, 6.07) is 0. The van der Waals surface area contributed by atoms with Crippen LogP contribution in [0, 0.1) is 0 Å². The van der Waals surface area contributed by atoms with Gasteiger partial charge >= 0.3 is 0 Å². The Bertz CT molecular complexity index is 464. The van der Waals surface area contributed by atoms with Crippen LogP contribution >= 0.6 is 0 Å². The molecule has 0 unspecified atom stereocenters. The Hall–Kier alpha value is -1.88. The van der Waals surface area contributed by atoms with Gasteiger partial charge in [0.1, 0.15) is 11.6 Å². The maximum atomic E-state index is 11.2. The van der Waals surface area contributed by atoms with Crippen LogP contribution in [0.1, 0.15) is 25.7 Å². The van der Waals surface area contributed by atoms with Crippen molar-refractivity contribution in [3.05, 3.63) is 23.3 Å². The molecule has 19 heavy (non-hydrogen) atoms. The zero-order valence-electron chi connectivity index (χ0n) is 10.4. The molecule has 0 aliphatic heterocycles. The lowest BCUT2D eigenvalue weighted by atomic mass is 9.97. The van der Waals surface area contributed by atoms with Crippen molar-refractivity contribution < 1.29 is 23.9 Å². The van der Waals surface area contributed by atoms with Gasteiger partial charge in [0.2, 0.25) is 0 Å². The first kappa shape index (κ1) is 13.5. The van der Waals surface area contributed by atoms with E-state index in [2.05, 4.69) is 0 Å². The maximum absolute atomic E-state index is 11.2. The van der Waals surface area contributed by atoms with Gasteiger partial charge in [-0.25, -0.2) is 0 Å². The SMILES string of the molecule is O=C1C=C(COCC2=CC(=O)CC(=O)C2)CC(=O)C1. The number of carbonyl (C=O) groups excluding carboxylic acids is 4. The largest absolute Gasteiger partial charge is 0.373 e. The van der Waals surface area contributed by atoms with Crippen molar-refractivity contribution in [1.82, 2.24) is 0 Å². The molecule has 0 atom stereocenters. The summed E-state index contributed by atoms with van der Waals surface area (Å²) in [6.07, 6.45) is 3.29. The molecule has 2 rings (SSSR count). The first-order chi connectivity index (χ1) is 9.02. The Morgan fingerprint density at radius 1 is 0.737 bits per heavy atom. The third-order valence-electron chi connectivity index (χ3n) is 2.90. The number of hydrogen-bond acceptors (Lipinski definition) is 5. The number of ether oxygens (including phenoxy) is 1.